The van der Waals surface area contributed by atoms with Gasteiger partial charge in [0.05, 0.1) is 18.2 Å². The first-order valence-corrected chi connectivity index (χ1v) is 4.63. The number of aromatic nitrogens is 1. The molecule has 3 N–H and O–H groups in total. The van der Waals surface area contributed by atoms with Crippen LogP contribution >= 0.6 is 0 Å². The van der Waals surface area contributed by atoms with Crippen LogP contribution in [0.4, 0.5) is 0 Å². The number of H-pyrrole nitrogens is 1. The van der Waals surface area contributed by atoms with Crippen LogP contribution in [0, 0.1) is 0 Å². The van der Waals surface area contributed by atoms with Crippen molar-refractivity contribution in [1.82, 2.24) is 4.98 Å². The number of nitrogens with one attached hydrogen (secondary N) is 1. The Morgan fingerprint density at radius 2 is 2.12 bits per heavy atom. The number of primary amides is 1. The normalized spacial score (nSPS) is 10.3. The highest BCUT2D eigenvalue weighted by molar-refractivity contribution is 6.44. The van der Waals surface area contributed by atoms with Crippen LogP contribution in [-0.2, 0) is 4.79 Å². The van der Waals surface area contributed by atoms with Crippen molar-refractivity contribution < 1.29 is 14.3 Å². The Hall–Kier alpha value is -2.30. The molecule has 0 atom stereocenters. The number of carbonyl (C=O) groups excluding carboxylic acids is 2. The molecule has 2 rings (SSSR count). The summed E-state index contributed by atoms with van der Waals surface area (Å²) in [6.45, 7) is 0. The molecule has 0 aliphatic rings. The van der Waals surface area contributed by atoms with Gasteiger partial charge in [-0.25, -0.2) is 0 Å². The number of nitrogens with two attached hydrogens (primary N) is 1. The van der Waals surface area contributed by atoms with Gasteiger partial charge in [-0.3, -0.25) is 9.59 Å². The fourth-order valence-electron chi connectivity index (χ4n) is 1.62. The van der Waals surface area contributed by atoms with Gasteiger partial charge in [-0.15, -0.1) is 0 Å². The van der Waals surface area contributed by atoms with Crippen LogP contribution in [0.3, 0.4) is 0 Å². The largest absolute Gasteiger partial charge is 0.495 e. The Labute approximate surface area is 91.2 Å². The molecular weight excluding hydrogens is 208 g/mol. The van der Waals surface area contributed by atoms with Crippen LogP contribution < -0.4 is 10.5 Å². The Morgan fingerprint density at radius 1 is 1.38 bits per heavy atom. The predicted octanol–water partition coefficient (Wildman–Crippen LogP) is 0.845. The second-order valence-electron chi connectivity index (χ2n) is 3.28. The van der Waals surface area contributed by atoms with Gasteiger partial charge < -0.3 is 15.5 Å². The van der Waals surface area contributed by atoms with Gasteiger partial charge in [0.15, 0.2) is 0 Å². The summed E-state index contributed by atoms with van der Waals surface area (Å²) in [5, 5.41) is 0.628. The third-order valence-corrected chi connectivity index (χ3v) is 2.37. The Balaban J connectivity index is 2.66. The summed E-state index contributed by atoms with van der Waals surface area (Å²) in [6, 6.07) is 5.23. The lowest BCUT2D eigenvalue weighted by atomic mass is 10.1. The molecule has 0 spiro atoms. The van der Waals surface area contributed by atoms with E-state index in [-0.39, 0.29) is 5.56 Å². The van der Waals surface area contributed by atoms with Crippen molar-refractivity contribution in [2.24, 2.45) is 5.73 Å². The number of hydrogen-bond acceptors (Lipinski definition) is 3. The van der Waals surface area contributed by atoms with Crippen molar-refractivity contribution in [3.8, 4) is 5.75 Å². The molecule has 0 saturated carbocycles. The summed E-state index contributed by atoms with van der Waals surface area (Å²) in [4.78, 5) is 25.2. The Morgan fingerprint density at radius 3 is 2.75 bits per heavy atom. The molecule has 5 heteroatoms. The number of hydrogen-bond donors (Lipinski definition) is 2. The third kappa shape index (κ3) is 1.42. The molecule has 16 heavy (non-hydrogen) atoms. The summed E-state index contributed by atoms with van der Waals surface area (Å²) in [7, 11) is 1.53. The van der Waals surface area contributed by atoms with E-state index < -0.39 is 11.7 Å². The molecule has 0 radical (unpaired) electrons. The molecule has 0 bridgehead atoms. The molecule has 1 heterocycles. The minimum atomic E-state index is -0.969. The lowest BCUT2D eigenvalue weighted by Gasteiger charge is -2.00. The average molecular weight is 218 g/mol. The van der Waals surface area contributed by atoms with Crippen molar-refractivity contribution in [3.05, 3.63) is 30.0 Å². The van der Waals surface area contributed by atoms with Gasteiger partial charge in [0.1, 0.15) is 5.75 Å². The zero-order valence-electron chi connectivity index (χ0n) is 8.61. The van der Waals surface area contributed by atoms with E-state index in [9.17, 15) is 9.59 Å². The fraction of sp³-hybridized carbons (Fsp3) is 0.0909. The van der Waals surface area contributed by atoms with E-state index >= 15 is 0 Å². The smallest absolute Gasteiger partial charge is 0.289 e. The minimum absolute atomic E-state index is 0.265. The number of methoxy groups -OCH3 is 1. The molecule has 1 aromatic heterocycles. The molecule has 0 saturated heterocycles. The van der Waals surface area contributed by atoms with Gasteiger partial charge in [0.2, 0.25) is 0 Å². The molecule has 0 unspecified atom stereocenters. The molecule has 2 aromatic rings. The van der Waals surface area contributed by atoms with E-state index in [0.29, 0.717) is 16.7 Å². The number of Topliss-reactive ketones (excluding diaryl/α,β-unsaturated/α-hetero) is 1. The standard InChI is InChI=1S/C11H10N2O3/c1-16-8-4-2-3-6-7(5-13-9(6)8)10(14)11(12)15/h2-5,13H,1H3,(H2,12,15). The van der Waals surface area contributed by atoms with E-state index in [2.05, 4.69) is 4.98 Å². The predicted molar refractivity (Wildman–Crippen MR) is 58.4 cm³/mol. The van der Waals surface area contributed by atoms with Crippen LogP contribution in [0.1, 0.15) is 10.4 Å². The van der Waals surface area contributed by atoms with Gasteiger partial charge >= 0.3 is 0 Å². The lowest BCUT2D eigenvalue weighted by Crippen LogP contribution is -2.22. The van der Waals surface area contributed by atoms with E-state index in [1.807, 2.05) is 0 Å². The second-order valence-corrected chi connectivity index (χ2v) is 3.28. The van der Waals surface area contributed by atoms with Crippen LogP contribution in [0.25, 0.3) is 10.9 Å². The summed E-state index contributed by atoms with van der Waals surface area (Å²) in [6.07, 6.45) is 1.46. The van der Waals surface area contributed by atoms with E-state index in [1.54, 1.807) is 18.2 Å². The van der Waals surface area contributed by atoms with Crippen LogP contribution in [0.15, 0.2) is 24.4 Å². The SMILES string of the molecule is COc1cccc2c(C(=O)C(N)=O)c[nH]c12. The molecule has 0 aliphatic carbocycles. The number of rotatable bonds is 3. The molecule has 5 nitrogen and oxygen atoms in total. The van der Waals surface area contributed by atoms with Crippen molar-refractivity contribution >= 4 is 22.6 Å². The number of ether oxygens (including phenoxy) is 1. The maximum absolute atomic E-state index is 11.5. The van der Waals surface area contributed by atoms with E-state index in [1.165, 1.54) is 13.3 Å². The molecule has 0 fully saturated rings. The number of amides is 1. The highest BCUT2D eigenvalue weighted by atomic mass is 16.5. The van der Waals surface area contributed by atoms with Crippen molar-refractivity contribution in [2.45, 2.75) is 0 Å². The number of fused-ring (bicyclic) bond motifs is 1. The van der Waals surface area contributed by atoms with Gasteiger partial charge in [0, 0.05) is 11.6 Å². The van der Waals surface area contributed by atoms with Crippen molar-refractivity contribution in [2.75, 3.05) is 7.11 Å². The first-order valence-electron chi connectivity index (χ1n) is 4.63. The quantitative estimate of drug-likeness (QED) is 0.591. The van der Waals surface area contributed by atoms with Crippen LogP contribution in [0.5, 0.6) is 5.75 Å². The number of carbonyl (C=O) groups is 2. The van der Waals surface area contributed by atoms with Crippen molar-refractivity contribution in [3.63, 3.8) is 0 Å². The van der Waals surface area contributed by atoms with E-state index in [0.717, 1.165) is 0 Å². The first-order chi connectivity index (χ1) is 7.65. The maximum atomic E-state index is 11.5. The first kappa shape index (κ1) is 10.2. The number of benzene rings is 1. The summed E-state index contributed by atoms with van der Waals surface area (Å²) in [5.74, 6) is -1.07. The van der Waals surface area contributed by atoms with Gasteiger partial charge in [-0.05, 0) is 6.07 Å². The average Bonchev–Trinajstić information content (AvgIpc) is 2.71. The van der Waals surface area contributed by atoms with Gasteiger partial charge in [-0.1, -0.05) is 12.1 Å². The second kappa shape index (κ2) is 3.69. The topological polar surface area (TPSA) is 85.2 Å². The number of ketones is 1. The monoisotopic (exact) mass is 218 g/mol. The Kier molecular flexibility index (Phi) is 2.36. The summed E-state index contributed by atoms with van der Waals surface area (Å²) in [5.41, 5.74) is 5.90. The summed E-state index contributed by atoms with van der Waals surface area (Å²) < 4.78 is 5.12. The van der Waals surface area contributed by atoms with Crippen LogP contribution in [0.2, 0.25) is 0 Å². The molecule has 82 valence electrons. The van der Waals surface area contributed by atoms with Crippen LogP contribution in [-0.4, -0.2) is 23.8 Å². The highest BCUT2D eigenvalue weighted by Crippen LogP contribution is 2.26. The van der Waals surface area contributed by atoms with E-state index in [4.69, 9.17) is 10.5 Å². The van der Waals surface area contributed by atoms with Gasteiger partial charge in [0.25, 0.3) is 11.7 Å². The maximum Gasteiger partial charge on any atom is 0.289 e. The van der Waals surface area contributed by atoms with Crippen molar-refractivity contribution in [1.29, 1.82) is 0 Å². The molecule has 1 aromatic carbocycles. The zero-order chi connectivity index (χ0) is 11.7. The molecule has 1 amide bonds. The number of para-hydroxylation sites is 1. The third-order valence-electron chi connectivity index (χ3n) is 2.37. The minimum Gasteiger partial charge on any atom is -0.495 e. The zero-order valence-corrected chi connectivity index (χ0v) is 8.61. The summed E-state index contributed by atoms with van der Waals surface area (Å²) >= 11 is 0. The molecular formula is C11H10N2O3. The lowest BCUT2D eigenvalue weighted by molar-refractivity contribution is -0.114. The van der Waals surface area contributed by atoms with Gasteiger partial charge in [-0.2, -0.15) is 0 Å². The Bertz CT molecular complexity index is 572. The fourth-order valence-corrected chi connectivity index (χ4v) is 1.62. The number of aromatic amines is 1. The highest BCUT2D eigenvalue weighted by Gasteiger charge is 2.18. The molecule has 0 aliphatic heterocycles.